The normalized spacial score (nSPS) is 22.2. The Morgan fingerprint density at radius 2 is 1.15 bits per heavy atom. The zero-order valence-corrected chi connectivity index (χ0v) is 27.2. The highest BCUT2D eigenvalue weighted by atomic mass is 32.2. The van der Waals surface area contributed by atoms with Crippen LogP contribution in [0.2, 0.25) is 0 Å². The average Bonchev–Trinajstić information content (AvgIpc) is 2.93. The molecule has 0 saturated carbocycles. The van der Waals surface area contributed by atoms with E-state index >= 15 is 0 Å². The molecule has 1 aliphatic rings. The van der Waals surface area contributed by atoms with Gasteiger partial charge in [0.1, 0.15) is 32.3 Å². The van der Waals surface area contributed by atoms with Crippen LogP contribution in [0.1, 0.15) is 0 Å². The second kappa shape index (κ2) is 21.7. The lowest BCUT2D eigenvalue weighted by molar-refractivity contribution is -0.215. The van der Waals surface area contributed by atoms with Crippen LogP contribution in [0.15, 0.2) is 0 Å². The number of carbonyl (C=O) groups excluding carboxylic acids is 5. The van der Waals surface area contributed by atoms with Crippen LogP contribution in [-0.2, 0) is 52.4 Å². The number of ether oxygens (including phenoxy) is 6. The van der Waals surface area contributed by atoms with Gasteiger partial charge in [-0.2, -0.15) is 59.7 Å². The highest BCUT2D eigenvalue weighted by Crippen LogP contribution is 2.39. The van der Waals surface area contributed by atoms with Gasteiger partial charge in [0.2, 0.25) is 0 Å². The van der Waals surface area contributed by atoms with Gasteiger partial charge in [-0.25, -0.2) is 4.79 Å². The van der Waals surface area contributed by atoms with Crippen LogP contribution < -0.4 is 0 Å². The molecule has 0 bridgehead atoms. The van der Waals surface area contributed by atoms with Crippen LogP contribution in [0.4, 0.5) is 0 Å². The average molecular weight is 663 g/mol. The minimum absolute atomic E-state index is 0.0340. The van der Waals surface area contributed by atoms with Crippen LogP contribution in [0, 0.1) is 17.8 Å². The molecule has 1 fully saturated rings. The lowest BCUT2D eigenvalue weighted by Gasteiger charge is -2.43. The van der Waals surface area contributed by atoms with Gasteiger partial charge in [-0.3, -0.25) is 19.2 Å². The molecule has 5 unspecified atom stereocenters. The molecule has 0 N–H and O–H groups in total. The van der Waals surface area contributed by atoms with Crippen LogP contribution >= 0.6 is 59.7 Å². The van der Waals surface area contributed by atoms with E-state index in [-0.39, 0.29) is 50.3 Å². The van der Waals surface area contributed by atoms with Gasteiger partial charge in [0.25, 0.3) is 0 Å². The molecule has 0 aromatic carbocycles. The predicted octanol–water partition coefficient (Wildman–Crippen LogP) is 1.70. The second-order valence-electron chi connectivity index (χ2n) is 8.25. The minimum atomic E-state index is -1.56. The summed E-state index contributed by atoms with van der Waals surface area (Å²) in [5.41, 5.74) is 0. The molecule has 1 aliphatic heterocycles. The lowest BCUT2D eigenvalue weighted by Crippen LogP contribution is -2.59. The summed E-state index contributed by atoms with van der Waals surface area (Å²) in [6, 6.07) is 0. The fourth-order valence-electron chi connectivity index (χ4n) is 3.78. The van der Waals surface area contributed by atoms with E-state index in [1.165, 1.54) is 47.0 Å². The van der Waals surface area contributed by atoms with E-state index < -0.39 is 59.8 Å². The number of thioether (sulfide) groups is 4. The van der Waals surface area contributed by atoms with E-state index in [1.807, 2.05) is 12.5 Å². The number of esters is 5. The summed E-state index contributed by atoms with van der Waals surface area (Å²) in [7, 11) is 0. The van der Waals surface area contributed by atoms with Gasteiger partial charge >= 0.3 is 29.8 Å². The molecule has 40 heavy (non-hydrogen) atoms. The summed E-state index contributed by atoms with van der Waals surface area (Å²) >= 11 is 9.48. The van der Waals surface area contributed by atoms with E-state index in [2.05, 4.69) is 12.6 Å². The van der Waals surface area contributed by atoms with Crippen molar-refractivity contribution in [2.75, 3.05) is 86.8 Å². The van der Waals surface area contributed by atoms with E-state index in [9.17, 15) is 24.0 Å². The molecule has 0 radical (unpaired) electrons. The molecule has 0 aromatic heterocycles. The Hall–Kier alpha value is -0.940. The molecule has 1 saturated heterocycles. The largest absolute Gasteiger partial charge is 0.465 e. The van der Waals surface area contributed by atoms with Crippen molar-refractivity contribution < 1.29 is 52.4 Å². The number of carbonyl (C=O) groups is 5. The van der Waals surface area contributed by atoms with Crippen molar-refractivity contribution in [2.45, 2.75) is 12.2 Å². The summed E-state index contributed by atoms with van der Waals surface area (Å²) in [4.78, 5) is 64.5. The second-order valence-corrected chi connectivity index (χ2v) is 12.4. The number of hydrogen-bond acceptors (Lipinski definition) is 16. The van der Waals surface area contributed by atoms with Crippen molar-refractivity contribution in [1.29, 1.82) is 0 Å². The molecule has 0 amide bonds. The number of hydrogen-bond donors (Lipinski definition) is 1. The maximum atomic E-state index is 13.5. The van der Waals surface area contributed by atoms with Crippen LogP contribution in [0.3, 0.4) is 0 Å². The fourth-order valence-corrected chi connectivity index (χ4v) is 5.01. The van der Waals surface area contributed by atoms with Gasteiger partial charge in [0.15, 0.2) is 6.10 Å². The van der Waals surface area contributed by atoms with Gasteiger partial charge in [-0.15, -0.1) is 0 Å². The van der Waals surface area contributed by atoms with Crippen molar-refractivity contribution in [1.82, 2.24) is 0 Å². The van der Waals surface area contributed by atoms with Crippen LogP contribution in [-0.4, -0.2) is 129 Å². The number of rotatable bonds is 19. The molecular formula is C24H38O11S5. The molecular weight excluding hydrogens is 625 g/mol. The third kappa shape index (κ3) is 12.9. The van der Waals surface area contributed by atoms with Crippen molar-refractivity contribution in [3.8, 4) is 0 Å². The van der Waals surface area contributed by atoms with Gasteiger partial charge in [0, 0.05) is 23.2 Å². The third-order valence-corrected chi connectivity index (χ3v) is 7.90. The Bertz CT molecular complexity index is 816. The first-order valence-electron chi connectivity index (χ1n) is 12.3. The topological polar surface area (TPSA) is 141 Å². The van der Waals surface area contributed by atoms with Gasteiger partial charge in [-0.05, 0) is 25.0 Å². The highest BCUT2D eigenvalue weighted by Gasteiger charge is 2.57. The monoisotopic (exact) mass is 662 g/mol. The maximum absolute atomic E-state index is 13.5. The highest BCUT2D eigenvalue weighted by molar-refractivity contribution is 7.99. The zero-order chi connectivity index (χ0) is 29.9. The molecule has 0 aliphatic carbocycles. The zero-order valence-electron chi connectivity index (χ0n) is 23.0. The number of thiol groups is 1. The Balaban J connectivity index is 3.52. The summed E-state index contributed by atoms with van der Waals surface area (Å²) in [6.45, 7) is -0.697. The molecule has 5 atom stereocenters. The molecule has 0 spiro atoms. The Morgan fingerprint density at radius 1 is 0.650 bits per heavy atom. The first-order chi connectivity index (χ1) is 19.2. The third-order valence-electron chi connectivity index (χ3n) is 5.52. The summed E-state index contributed by atoms with van der Waals surface area (Å²) in [6.07, 6.45) is 4.47. The molecule has 1 heterocycles. The quantitative estimate of drug-likeness (QED) is 0.0928. The van der Waals surface area contributed by atoms with E-state index in [0.717, 1.165) is 0 Å². The van der Waals surface area contributed by atoms with E-state index in [1.54, 1.807) is 12.5 Å². The van der Waals surface area contributed by atoms with Crippen molar-refractivity contribution >= 4 is 89.5 Å². The fraction of sp³-hybridized carbons (Fsp3) is 0.792. The smallest absolute Gasteiger partial charge is 0.336 e. The van der Waals surface area contributed by atoms with Crippen molar-refractivity contribution in [2.24, 2.45) is 17.8 Å². The van der Waals surface area contributed by atoms with Crippen molar-refractivity contribution in [3.05, 3.63) is 0 Å². The molecule has 16 heteroatoms. The minimum Gasteiger partial charge on any atom is -0.465 e. The Kier molecular flexibility index (Phi) is 20.1. The predicted molar refractivity (Wildman–Crippen MR) is 161 cm³/mol. The Morgan fingerprint density at radius 3 is 1.68 bits per heavy atom. The van der Waals surface area contributed by atoms with Gasteiger partial charge in [0.05, 0.1) is 30.1 Å². The molecule has 11 nitrogen and oxygen atoms in total. The summed E-state index contributed by atoms with van der Waals surface area (Å²) in [5, 5.41) is 0. The standard InChI is InChI=1S/C24H38O11S5/c1-37-9-6-31-23(28)20-19(22(27)30-5-8-36)15(11-33-17(25)13-39-3)16(12-34-18(26)14-40-4)35-21(20)24(29)32-7-10-38-2/h15-16,19-21,36H,5-14H2,1-4H3. The summed E-state index contributed by atoms with van der Waals surface area (Å²) < 4.78 is 32.9. The summed E-state index contributed by atoms with van der Waals surface area (Å²) in [5.74, 6) is -6.12. The molecule has 1 rings (SSSR count). The van der Waals surface area contributed by atoms with Crippen molar-refractivity contribution in [3.63, 3.8) is 0 Å². The Labute approximate surface area is 257 Å². The maximum Gasteiger partial charge on any atom is 0.336 e. The molecule has 0 aromatic rings. The SMILES string of the molecule is CSCCOC(=O)C1OC(COC(=O)CSC)C(COC(=O)CSC)C(C(=O)OCCS)C1C(=O)OCCSC. The van der Waals surface area contributed by atoms with Gasteiger partial charge in [-0.1, -0.05) is 0 Å². The first-order valence-corrected chi connectivity index (χ1v) is 18.5. The van der Waals surface area contributed by atoms with Crippen LogP contribution in [0.5, 0.6) is 0 Å². The first kappa shape index (κ1) is 37.1. The van der Waals surface area contributed by atoms with Gasteiger partial charge < -0.3 is 28.4 Å². The van der Waals surface area contributed by atoms with E-state index in [0.29, 0.717) is 11.5 Å². The lowest BCUT2D eigenvalue weighted by atomic mass is 9.73. The van der Waals surface area contributed by atoms with Crippen LogP contribution in [0.25, 0.3) is 0 Å². The molecule has 230 valence electrons. The van der Waals surface area contributed by atoms with E-state index in [4.69, 9.17) is 28.4 Å².